The number of amides is 1. The summed E-state index contributed by atoms with van der Waals surface area (Å²) >= 11 is 0. The Kier molecular flexibility index (Phi) is 5.21. The summed E-state index contributed by atoms with van der Waals surface area (Å²) in [5, 5.41) is 22.0. The molecule has 0 radical (unpaired) electrons. The molecule has 0 aliphatic carbocycles. The molecule has 106 valence electrons. The quantitative estimate of drug-likeness (QED) is 0.766. The van der Waals surface area contributed by atoms with Crippen LogP contribution in [0.5, 0.6) is 11.5 Å². The van der Waals surface area contributed by atoms with E-state index in [-0.39, 0.29) is 17.1 Å². The van der Waals surface area contributed by atoms with E-state index >= 15 is 0 Å². The van der Waals surface area contributed by atoms with Gasteiger partial charge in [-0.15, -0.1) is 0 Å². The lowest BCUT2D eigenvalue weighted by Crippen LogP contribution is -2.34. The van der Waals surface area contributed by atoms with Crippen molar-refractivity contribution in [1.29, 1.82) is 0 Å². The molecule has 19 heavy (non-hydrogen) atoms. The third-order valence-corrected chi connectivity index (χ3v) is 3.46. The van der Waals surface area contributed by atoms with Crippen molar-refractivity contribution in [1.82, 2.24) is 5.32 Å². The van der Waals surface area contributed by atoms with E-state index in [1.165, 1.54) is 18.2 Å². The number of hydrogen-bond acceptors (Lipinski definition) is 3. The first-order valence-corrected chi connectivity index (χ1v) is 6.63. The Hall–Kier alpha value is -1.71. The Balaban J connectivity index is 2.75. The van der Waals surface area contributed by atoms with Gasteiger partial charge in [-0.1, -0.05) is 33.8 Å². The largest absolute Gasteiger partial charge is 0.507 e. The highest BCUT2D eigenvalue weighted by Crippen LogP contribution is 2.26. The molecular formula is C15H23NO3. The van der Waals surface area contributed by atoms with Crippen LogP contribution in [0.25, 0.3) is 0 Å². The van der Waals surface area contributed by atoms with Gasteiger partial charge in [-0.05, 0) is 29.9 Å². The highest BCUT2D eigenvalue weighted by molar-refractivity contribution is 5.99. The van der Waals surface area contributed by atoms with Gasteiger partial charge in [-0.3, -0.25) is 4.79 Å². The predicted molar refractivity (Wildman–Crippen MR) is 75.3 cm³/mol. The van der Waals surface area contributed by atoms with Crippen LogP contribution in [-0.2, 0) is 0 Å². The standard InChI is InChI=1S/C15H23NO3/c1-9(2)11(10(3)4)8-16-15(19)14-12(17)6-5-7-13(14)18/h5-7,9-11,17-18H,8H2,1-4H3,(H,16,19). The van der Waals surface area contributed by atoms with Crippen molar-refractivity contribution in [2.24, 2.45) is 17.8 Å². The molecule has 3 N–H and O–H groups in total. The normalized spacial score (nSPS) is 11.3. The van der Waals surface area contributed by atoms with E-state index in [0.29, 0.717) is 24.3 Å². The van der Waals surface area contributed by atoms with E-state index < -0.39 is 5.91 Å². The SMILES string of the molecule is CC(C)C(CNC(=O)c1c(O)cccc1O)C(C)C. The van der Waals surface area contributed by atoms with Gasteiger partial charge in [0.05, 0.1) is 0 Å². The van der Waals surface area contributed by atoms with E-state index in [2.05, 4.69) is 33.0 Å². The van der Waals surface area contributed by atoms with Crippen LogP contribution >= 0.6 is 0 Å². The summed E-state index contributed by atoms with van der Waals surface area (Å²) in [5.41, 5.74) is -0.0613. The zero-order valence-electron chi connectivity index (χ0n) is 12.0. The van der Waals surface area contributed by atoms with Gasteiger partial charge in [0.1, 0.15) is 17.1 Å². The highest BCUT2D eigenvalue weighted by Gasteiger charge is 2.21. The topological polar surface area (TPSA) is 69.6 Å². The molecule has 1 rings (SSSR count). The van der Waals surface area contributed by atoms with Gasteiger partial charge in [-0.25, -0.2) is 0 Å². The van der Waals surface area contributed by atoms with Crippen molar-refractivity contribution in [3.8, 4) is 11.5 Å². The molecule has 0 spiro atoms. The van der Waals surface area contributed by atoms with E-state index in [9.17, 15) is 15.0 Å². The van der Waals surface area contributed by atoms with Crippen molar-refractivity contribution < 1.29 is 15.0 Å². The summed E-state index contributed by atoms with van der Waals surface area (Å²) in [7, 11) is 0. The van der Waals surface area contributed by atoms with Crippen molar-refractivity contribution in [3.63, 3.8) is 0 Å². The first kappa shape index (κ1) is 15.3. The first-order chi connectivity index (χ1) is 8.84. The zero-order chi connectivity index (χ0) is 14.6. The molecular weight excluding hydrogens is 242 g/mol. The molecule has 0 aliphatic rings. The smallest absolute Gasteiger partial charge is 0.258 e. The Morgan fingerprint density at radius 2 is 1.58 bits per heavy atom. The number of rotatable bonds is 5. The van der Waals surface area contributed by atoms with Gasteiger partial charge in [-0.2, -0.15) is 0 Å². The summed E-state index contributed by atoms with van der Waals surface area (Å²) < 4.78 is 0. The Labute approximate surface area is 114 Å². The molecule has 4 heteroatoms. The molecule has 0 saturated heterocycles. The van der Waals surface area contributed by atoms with Gasteiger partial charge in [0.15, 0.2) is 0 Å². The maximum absolute atomic E-state index is 12.0. The van der Waals surface area contributed by atoms with Crippen LogP contribution in [0.1, 0.15) is 38.1 Å². The average molecular weight is 265 g/mol. The third kappa shape index (κ3) is 3.88. The average Bonchev–Trinajstić information content (AvgIpc) is 2.27. The second kappa shape index (κ2) is 6.45. The molecule has 0 bridgehead atoms. The van der Waals surface area contributed by atoms with Gasteiger partial charge in [0.2, 0.25) is 0 Å². The minimum absolute atomic E-state index is 0.0613. The van der Waals surface area contributed by atoms with E-state index in [1.54, 1.807) is 0 Å². The van der Waals surface area contributed by atoms with E-state index in [4.69, 9.17) is 0 Å². The Morgan fingerprint density at radius 3 is 2.00 bits per heavy atom. The summed E-state index contributed by atoms with van der Waals surface area (Å²) in [6.45, 7) is 9.01. The van der Waals surface area contributed by atoms with Crippen LogP contribution in [0.2, 0.25) is 0 Å². The van der Waals surface area contributed by atoms with Crippen LogP contribution in [0.15, 0.2) is 18.2 Å². The fourth-order valence-corrected chi connectivity index (χ4v) is 2.30. The van der Waals surface area contributed by atoms with E-state index in [0.717, 1.165) is 0 Å². The molecule has 1 aromatic carbocycles. The lowest BCUT2D eigenvalue weighted by Gasteiger charge is -2.25. The zero-order valence-corrected chi connectivity index (χ0v) is 12.0. The number of benzene rings is 1. The minimum Gasteiger partial charge on any atom is -0.507 e. The van der Waals surface area contributed by atoms with Crippen LogP contribution in [-0.4, -0.2) is 22.7 Å². The van der Waals surface area contributed by atoms with Gasteiger partial charge in [0.25, 0.3) is 5.91 Å². The van der Waals surface area contributed by atoms with Crippen LogP contribution in [0, 0.1) is 17.8 Å². The maximum atomic E-state index is 12.0. The molecule has 0 heterocycles. The fraction of sp³-hybridized carbons (Fsp3) is 0.533. The monoisotopic (exact) mass is 265 g/mol. The molecule has 4 nitrogen and oxygen atoms in total. The molecule has 0 fully saturated rings. The number of phenolic OH excluding ortho intramolecular Hbond substituents is 2. The number of aromatic hydroxyl groups is 2. The van der Waals surface area contributed by atoms with Crippen molar-refractivity contribution in [2.75, 3.05) is 6.54 Å². The van der Waals surface area contributed by atoms with Gasteiger partial charge < -0.3 is 15.5 Å². The highest BCUT2D eigenvalue weighted by atomic mass is 16.3. The van der Waals surface area contributed by atoms with Crippen LogP contribution in [0.3, 0.4) is 0 Å². The summed E-state index contributed by atoms with van der Waals surface area (Å²) in [4.78, 5) is 12.0. The van der Waals surface area contributed by atoms with Gasteiger partial charge in [0, 0.05) is 6.54 Å². The number of nitrogens with one attached hydrogen (secondary N) is 1. The Bertz CT molecular complexity index is 413. The van der Waals surface area contributed by atoms with Gasteiger partial charge >= 0.3 is 0 Å². The molecule has 1 amide bonds. The van der Waals surface area contributed by atoms with Crippen molar-refractivity contribution >= 4 is 5.91 Å². The second-order valence-corrected chi connectivity index (χ2v) is 5.53. The maximum Gasteiger partial charge on any atom is 0.258 e. The fourth-order valence-electron chi connectivity index (χ4n) is 2.30. The van der Waals surface area contributed by atoms with E-state index in [1.807, 2.05) is 0 Å². The lowest BCUT2D eigenvalue weighted by molar-refractivity contribution is 0.0931. The lowest BCUT2D eigenvalue weighted by atomic mass is 9.85. The molecule has 0 unspecified atom stereocenters. The molecule has 1 aromatic rings. The molecule has 0 atom stereocenters. The second-order valence-electron chi connectivity index (χ2n) is 5.53. The summed E-state index contributed by atoms with van der Waals surface area (Å²) in [6.07, 6.45) is 0. The summed E-state index contributed by atoms with van der Waals surface area (Å²) in [6, 6.07) is 4.26. The van der Waals surface area contributed by atoms with Crippen LogP contribution < -0.4 is 5.32 Å². The summed E-state index contributed by atoms with van der Waals surface area (Å²) in [5.74, 6) is 0.418. The third-order valence-electron chi connectivity index (χ3n) is 3.46. The molecule has 0 saturated carbocycles. The number of carbonyl (C=O) groups excluding carboxylic acids is 1. The number of phenols is 2. The first-order valence-electron chi connectivity index (χ1n) is 6.63. The molecule has 0 aromatic heterocycles. The number of carbonyl (C=O) groups is 1. The minimum atomic E-state index is -0.443. The van der Waals surface area contributed by atoms with Crippen molar-refractivity contribution in [3.05, 3.63) is 23.8 Å². The Morgan fingerprint density at radius 1 is 1.11 bits per heavy atom. The van der Waals surface area contributed by atoms with Crippen molar-refractivity contribution in [2.45, 2.75) is 27.7 Å². The predicted octanol–water partition coefficient (Wildman–Crippen LogP) is 2.76. The number of hydrogen-bond donors (Lipinski definition) is 3. The molecule has 0 aliphatic heterocycles. The van der Waals surface area contributed by atoms with Crippen LogP contribution in [0.4, 0.5) is 0 Å².